The van der Waals surface area contributed by atoms with Crippen molar-refractivity contribution in [3.8, 4) is 28.5 Å². The first kappa shape index (κ1) is 17.9. The SMILES string of the molecule is COc1ccc(-c2nc(-c3ccncc3)n(C(C)CC(=O)O)n2)cc1Cl. The molecule has 1 atom stereocenters. The van der Waals surface area contributed by atoms with Crippen molar-refractivity contribution < 1.29 is 14.6 Å². The van der Waals surface area contributed by atoms with Crippen LogP contribution in [0.2, 0.25) is 5.02 Å². The van der Waals surface area contributed by atoms with Crippen LogP contribution in [0.1, 0.15) is 19.4 Å². The van der Waals surface area contributed by atoms with Gasteiger partial charge in [-0.05, 0) is 37.3 Å². The van der Waals surface area contributed by atoms with Crippen LogP contribution in [0.5, 0.6) is 5.75 Å². The van der Waals surface area contributed by atoms with Gasteiger partial charge in [-0.1, -0.05) is 11.6 Å². The smallest absolute Gasteiger partial charge is 0.305 e. The average molecular weight is 373 g/mol. The van der Waals surface area contributed by atoms with Crippen molar-refractivity contribution in [3.05, 3.63) is 47.7 Å². The van der Waals surface area contributed by atoms with Crippen LogP contribution in [0.15, 0.2) is 42.7 Å². The first-order chi connectivity index (χ1) is 12.5. The Bertz CT molecular complexity index is 927. The molecule has 8 heteroatoms. The second-order valence-electron chi connectivity index (χ2n) is 5.74. The number of aromatic nitrogens is 4. The largest absolute Gasteiger partial charge is 0.495 e. The van der Waals surface area contributed by atoms with E-state index in [1.165, 1.54) is 0 Å². The Morgan fingerprint density at radius 3 is 2.62 bits per heavy atom. The van der Waals surface area contributed by atoms with Gasteiger partial charge in [0.05, 0.1) is 24.6 Å². The average Bonchev–Trinajstić information content (AvgIpc) is 3.07. The normalized spacial score (nSPS) is 12.0. The van der Waals surface area contributed by atoms with Gasteiger partial charge in [0, 0.05) is 23.5 Å². The highest BCUT2D eigenvalue weighted by Gasteiger charge is 2.20. The van der Waals surface area contributed by atoms with Gasteiger partial charge in [0.2, 0.25) is 0 Å². The fraction of sp³-hybridized carbons (Fsp3) is 0.222. The van der Waals surface area contributed by atoms with E-state index >= 15 is 0 Å². The van der Waals surface area contributed by atoms with Crippen LogP contribution in [0.4, 0.5) is 0 Å². The maximum atomic E-state index is 11.1. The fourth-order valence-electron chi connectivity index (χ4n) is 2.60. The van der Waals surface area contributed by atoms with Crippen LogP contribution in [0.3, 0.4) is 0 Å². The minimum atomic E-state index is -0.900. The van der Waals surface area contributed by atoms with E-state index in [2.05, 4.69) is 15.1 Å². The second kappa shape index (κ2) is 7.53. The number of benzene rings is 1. The molecule has 1 N–H and O–H groups in total. The van der Waals surface area contributed by atoms with Gasteiger partial charge in [-0.25, -0.2) is 9.67 Å². The van der Waals surface area contributed by atoms with Gasteiger partial charge in [0.1, 0.15) is 5.75 Å². The van der Waals surface area contributed by atoms with E-state index in [1.54, 1.807) is 55.4 Å². The summed E-state index contributed by atoms with van der Waals surface area (Å²) in [5.41, 5.74) is 1.52. The van der Waals surface area contributed by atoms with E-state index in [0.29, 0.717) is 28.0 Å². The number of nitrogens with zero attached hydrogens (tertiary/aromatic N) is 4. The van der Waals surface area contributed by atoms with Crippen molar-refractivity contribution in [3.63, 3.8) is 0 Å². The van der Waals surface area contributed by atoms with E-state index in [1.807, 2.05) is 6.07 Å². The molecule has 0 aliphatic rings. The minimum Gasteiger partial charge on any atom is -0.495 e. The number of carbonyl (C=O) groups is 1. The lowest BCUT2D eigenvalue weighted by Gasteiger charge is -2.12. The lowest BCUT2D eigenvalue weighted by Crippen LogP contribution is -2.13. The quantitative estimate of drug-likeness (QED) is 0.709. The number of hydrogen-bond acceptors (Lipinski definition) is 5. The third-order valence-corrected chi connectivity index (χ3v) is 4.16. The van der Waals surface area contributed by atoms with Gasteiger partial charge in [-0.15, -0.1) is 0 Å². The molecule has 3 aromatic rings. The summed E-state index contributed by atoms with van der Waals surface area (Å²) in [5, 5.41) is 14.1. The van der Waals surface area contributed by atoms with Crippen LogP contribution < -0.4 is 4.74 Å². The molecule has 26 heavy (non-hydrogen) atoms. The number of rotatable bonds is 6. The van der Waals surface area contributed by atoms with E-state index in [0.717, 1.165) is 5.56 Å². The van der Waals surface area contributed by atoms with Crippen LogP contribution in [0, 0.1) is 0 Å². The fourth-order valence-corrected chi connectivity index (χ4v) is 2.85. The zero-order valence-electron chi connectivity index (χ0n) is 14.3. The monoisotopic (exact) mass is 372 g/mol. The summed E-state index contributed by atoms with van der Waals surface area (Å²) in [6.45, 7) is 1.79. The highest BCUT2D eigenvalue weighted by atomic mass is 35.5. The Morgan fingerprint density at radius 2 is 2.00 bits per heavy atom. The Balaban J connectivity index is 2.09. The number of halogens is 1. The molecule has 2 heterocycles. The van der Waals surface area contributed by atoms with E-state index in [-0.39, 0.29) is 12.5 Å². The molecule has 0 amide bonds. The highest BCUT2D eigenvalue weighted by molar-refractivity contribution is 6.32. The standard InChI is InChI=1S/C18H17ClN4O3/c1-11(9-16(24)25)23-18(12-5-7-20-8-6-12)21-17(22-23)13-3-4-15(26-2)14(19)10-13/h3-8,10-11H,9H2,1-2H3,(H,24,25). The molecule has 0 spiro atoms. The number of hydrogen-bond donors (Lipinski definition) is 1. The molecule has 7 nitrogen and oxygen atoms in total. The van der Waals surface area contributed by atoms with E-state index in [4.69, 9.17) is 21.4 Å². The lowest BCUT2D eigenvalue weighted by atomic mass is 10.2. The topological polar surface area (TPSA) is 90.1 Å². The van der Waals surface area contributed by atoms with Gasteiger partial charge < -0.3 is 9.84 Å². The molecule has 0 aliphatic carbocycles. The zero-order chi connectivity index (χ0) is 18.7. The number of carboxylic acid groups (broad SMARTS) is 1. The van der Waals surface area contributed by atoms with Crippen molar-refractivity contribution in [2.75, 3.05) is 7.11 Å². The van der Waals surface area contributed by atoms with Crippen molar-refractivity contribution in [2.24, 2.45) is 0 Å². The van der Waals surface area contributed by atoms with E-state index in [9.17, 15) is 4.79 Å². The zero-order valence-corrected chi connectivity index (χ0v) is 15.0. The van der Waals surface area contributed by atoms with E-state index < -0.39 is 5.97 Å². The number of ether oxygens (including phenoxy) is 1. The summed E-state index contributed by atoms with van der Waals surface area (Å²) < 4.78 is 6.79. The first-order valence-corrected chi connectivity index (χ1v) is 8.30. The lowest BCUT2D eigenvalue weighted by molar-refractivity contribution is -0.137. The molecular formula is C18H17ClN4O3. The summed E-state index contributed by atoms with van der Waals surface area (Å²) in [7, 11) is 1.54. The molecule has 0 fully saturated rings. The molecule has 134 valence electrons. The Kier molecular flexibility index (Phi) is 5.18. The van der Waals surface area contributed by atoms with Gasteiger partial charge in [0.15, 0.2) is 11.6 Å². The molecular weight excluding hydrogens is 356 g/mol. The number of aliphatic carboxylic acids is 1. The van der Waals surface area contributed by atoms with Crippen LogP contribution >= 0.6 is 11.6 Å². The molecule has 0 saturated carbocycles. The van der Waals surface area contributed by atoms with Gasteiger partial charge in [0.25, 0.3) is 0 Å². The predicted molar refractivity (Wildman–Crippen MR) is 97.2 cm³/mol. The molecule has 1 unspecified atom stereocenters. The summed E-state index contributed by atoms with van der Waals surface area (Å²) in [6, 6.07) is 8.51. The third kappa shape index (κ3) is 3.67. The summed E-state index contributed by atoms with van der Waals surface area (Å²) in [5.74, 6) is 0.688. The third-order valence-electron chi connectivity index (χ3n) is 3.87. The second-order valence-corrected chi connectivity index (χ2v) is 6.14. The van der Waals surface area contributed by atoms with Crippen molar-refractivity contribution in [1.29, 1.82) is 0 Å². The van der Waals surface area contributed by atoms with Crippen molar-refractivity contribution in [1.82, 2.24) is 19.7 Å². The highest BCUT2D eigenvalue weighted by Crippen LogP contribution is 2.31. The Labute approximate surface area is 155 Å². The van der Waals surface area contributed by atoms with Crippen LogP contribution in [0.25, 0.3) is 22.8 Å². The Hall–Kier alpha value is -2.93. The Morgan fingerprint density at radius 1 is 1.27 bits per heavy atom. The predicted octanol–water partition coefficient (Wildman–Crippen LogP) is 3.70. The molecule has 0 saturated heterocycles. The van der Waals surface area contributed by atoms with Crippen molar-refractivity contribution >= 4 is 17.6 Å². The molecule has 0 bridgehead atoms. The maximum Gasteiger partial charge on any atom is 0.305 e. The summed E-state index contributed by atoms with van der Waals surface area (Å²) in [4.78, 5) is 19.7. The van der Waals surface area contributed by atoms with Gasteiger partial charge in [-0.3, -0.25) is 9.78 Å². The van der Waals surface area contributed by atoms with Crippen molar-refractivity contribution in [2.45, 2.75) is 19.4 Å². The van der Waals surface area contributed by atoms with Gasteiger partial charge in [-0.2, -0.15) is 5.10 Å². The molecule has 1 aromatic carbocycles. The van der Waals surface area contributed by atoms with Crippen LogP contribution in [-0.2, 0) is 4.79 Å². The van der Waals surface area contributed by atoms with Gasteiger partial charge >= 0.3 is 5.97 Å². The number of pyridine rings is 1. The number of methoxy groups -OCH3 is 1. The minimum absolute atomic E-state index is 0.0652. The number of carboxylic acids is 1. The maximum absolute atomic E-state index is 11.1. The molecule has 0 aliphatic heterocycles. The first-order valence-electron chi connectivity index (χ1n) is 7.92. The summed E-state index contributed by atoms with van der Waals surface area (Å²) >= 11 is 6.20. The summed E-state index contributed by atoms with van der Waals surface area (Å²) in [6.07, 6.45) is 3.24. The van der Waals surface area contributed by atoms with Crippen LogP contribution in [-0.4, -0.2) is 37.9 Å². The molecule has 0 radical (unpaired) electrons. The molecule has 3 rings (SSSR count). The molecule has 2 aromatic heterocycles.